The number of sulfonamides is 1. The Labute approximate surface area is 145 Å². The smallest absolute Gasteiger partial charge is 0.264 e. The first-order valence-electron chi connectivity index (χ1n) is 7.20. The number of nitrogens with zero attached hydrogens (tertiary/aromatic N) is 3. The Kier molecular flexibility index (Phi) is 5.96. The van der Waals surface area contributed by atoms with Gasteiger partial charge in [-0.2, -0.15) is 4.37 Å². The fourth-order valence-electron chi connectivity index (χ4n) is 2.06. The van der Waals surface area contributed by atoms with Gasteiger partial charge in [-0.25, -0.2) is 13.4 Å². The molecule has 0 bridgehead atoms. The molecule has 0 radical (unpaired) electrons. The molecule has 0 amide bonds. The van der Waals surface area contributed by atoms with E-state index >= 15 is 0 Å². The van der Waals surface area contributed by atoms with Crippen LogP contribution in [0.25, 0.3) is 0 Å². The van der Waals surface area contributed by atoms with E-state index in [2.05, 4.69) is 32.8 Å². The first kappa shape index (κ1) is 18.1. The summed E-state index contributed by atoms with van der Waals surface area (Å²) in [4.78, 5) is 6.55. The second-order valence-electron chi connectivity index (χ2n) is 4.95. The molecule has 1 aromatic heterocycles. The molecule has 9 heteroatoms. The number of hydrogen-bond acceptors (Lipinski definition) is 6. The number of anilines is 1. The molecule has 23 heavy (non-hydrogen) atoms. The van der Waals surface area contributed by atoms with Gasteiger partial charge < -0.3 is 0 Å². The van der Waals surface area contributed by atoms with E-state index in [1.165, 1.54) is 6.07 Å². The fraction of sp³-hybridized carbons (Fsp3) is 0.429. The molecule has 0 atom stereocenters. The molecule has 0 aliphatic rings. The quantitative estimate of drug-likeness (QED) is 0.805. The van der Waals surface area contributed by atoms with E-state index < -0.39 is 10.0 Å². The van der Waals surface area contributed by atoms with Crippen LogP contribution in [0.1, 0.15) is 25.2 Å². The number of rotatable bonds is 7. The Bertz CT molecular complexity index is 773. The molecule has 0 saturated carbocycles. The zero-order chi connectivity index (χ0) is 17.0. The Morgan fingerprint density at radius 1 is 1.30 bits per heavy atom. The van der Waals surface area contributed by atoms with Gasteiger partial charge in [-0.15, -0.1) is 0 Å². The van der Waals surface area contributed by atoms with Crippen LogP contribution in [-0.2, 0) is 16.6 Å². The van der Waals surface area contributed by atoms with Crippen LogP contribution in [-0.4, -0.2) is 35.8 Å². The molecule has 1 heterocycles. The van der Waals surface area contributed by atoms with Crippen molar-refractivity contribution >= 4 is 38.3 Å². The van der Waals surface area contributed by atoms with Gasteiger partial charge in [0.05, 0.1) is 11.4 Å². The molecular weight excluding hydrogens is 356 g/mol. The lowest BCUT2D eigenvalue weighted by Gasteiger charge is -2.15. The summed E-state index contributed by atoms with van der Waals surface area (Å²) in [5.41, 5.74) is 0.509. The minimum absolute atomic E-state index is 0.144. The summed E-state index contributed by atoms with van der Waals surface area (Å²) in [7, 11) is -3.73. The lowest BCUT2D eigenvalue weighted by atomic mass is 10.2. The lowest BCUT2D eigenvalue weighted by molar-refractivity contribution is 0.289. The van der Waals surface area contributed by atoms with Gasteiger partial charge in [-0.3, -0.25) is 9.62 Å². The zero-order valence-electron chi connectivity index (χ0n) is 13.2. The Morgan fingerprint density at radius 2 is 2.00 bits per heavy atom. The first-order chi connectivity index (χ1) is 10.9. The molecule has 126 valence electrons. The van der Waals surface area contributed by atoms with Crippen molar-refractivity contribution in [3.8, 4) is 0 Å². The summed E-state index contributed by atoms with van der Waals surface area (Å²) in [6, 6.07) is 4.78. The van der Waals surface area contributed by atoms with Crippen LogP contribution in [0, 0.1) is 6.92 Å². The summed E-state index contributed by atoms with van der Waals surface area (Å²) in [6.45, 7) is 8.16. The lowest BCUT2D eigenvalue weighted by Crippen LogP contribution is -2.22. The molecule has 0 saturated heterocycles. The average Bonchev–Trinajstić information content (AvgIpc) is 2.93. The van der Waals surface area contributed by atoms with Crippen LogP contribution < -0.4 is 4.72 Å². The molecule has 0 aliphatic heterocycles. The average molecular weight is 375 g/mol. The molecule has 2 rings (SSSR count). The van der Waals surface area contributed by atoms with Crippen molar-refractivity contribution in [3.05, 3.63) is 34.6 Å². The minimum Gasteiger partial charge on any atom is -0.296 e. The largest absolute Gasteiger partial charge is 0.296 e. The highest BCUT2D eigenvalue weighted by molar-refractivity contribution is 7.93. The number of nitrogens with one attached hydrogen (secondary N) is 1. The highest BCUT2D eigenvalue weighted by Gasteiger charge is 2.20. The van der Waals surface area contributed by atoms with Crippen molar-refractivity contribution in [2.45, 2.75) is 32.2 Å². The van der Waals surface area contributed by atoms with Crippen LogP contribution in [0.5, 0.6) is 0 Å². The fourth-order valence-corrected chi connectivity index (χ4v) is 4.36. The van der Waals surface area contributed by atoms with E-state index in [4.69, 9.17) is 11.6 Å². The van der Waals surface area contributed by atoms with E-state index in [0.29, 0.717) is 23.0 Å². The van der Waals surface area contributed by atoms with Gasteiger partial charge in [0.15, 0.2) is 5.82 Å². The summed E-state index contributed by atoms with van der Waals surface area (Å²) < 4.78 is 31.6. The van der Waals surface area contributed by atoms with Gasteiger partial charge in [0.1, 0.15) is 0 Å². The molecule has 1 aromatic carbocycles. The minimum atomic E-state index is -3.73. The van der Waals surface area contributed by atoms with Gasteiger partial charge in [-0.1, -0.05) is 31.5 Å². The van der Waals surface area contributed by atoms with E-state index in [1.54, 1.807) is 19.1 Å². The molecule has 2 aromatic rings. The monoisotopic (exact) mass is 374 g/mol. The van der Waals surface area contributed by atoms with Crippen molar-refractivity contribution in [1.29, 1.82) is 0 Å². The molecule has 6 nitrogen and oxygen atoms in total. The third-order valence-electron chi connectivity index (χ3n) is 3.46. The van der Waals surface area contributed by atoms with Crippen LogP contribution in [0.4, 0.5) is 5.13 Å². The van der Waals surface area contributed by atoms with Crippen molar-refractivity contribution in [2.24, 2.45) is 0 Å². The molecular formula is C14H19ClN4O2S2. The number of halogens is 1. The summed E-state index contributed by atoms with van der Waals surface area (Å²) >= 11 is 7.03. The predicted octanol–water partition coefficient (Wildman–Crippen LogP) is 3.14. The topological polar surface area (TPSA) is 75.2 Å². The standard InChI is InChI=1S/C14H19ClN4O2S2/c1-4-19(5-2)9-13-16-14(22-17-13)18-23(20,21)12-8-6-7-11(15)10(12)3/h6-8H,4-5,9H2,1-3H3,(H,16,17,18). The van der Waals surface area contributed by atoms with Crippen LogP contribution in [0.15, 0.2) is 23.1 Å². The van der Waals surface area contributed by atoms with E-state index in [-0.39, 0.29) is 10.0 Å². The Hall–Kier alpha value is -1.22. The van der Waals surface area contributed by atoms with E-state index in [0.717, 1.165) is 24.6 Å². The second kappa shape index (κ2) is 7.57. The molecule has 1 N–H and O–H groups in total. The number of hydrogen-bond donors (Lipinski definition) is 1. The third kappa shape index (κ3) is 4.41. The Balaban J connectivity index is 2.18. The van der Waals surface area contributed by atoms with Gasteiger partial charge in [0.2, 0.25) is 5.13 Å². The highest BCUT2D eigenvalue weighted by Crippen LogP contribution is 2.25. The summed E-state index contributed by atoms with van der Waals surface area (Å²) in [6.07, 6.45) is 0. The predicted molar refractivity (Wildman–Crippen MR) is 93.5 cm³/mol. The van der Waals surface area contributed by atoms with Gasteiger partial charge in [0.25, 0.3) is 10.0 Å². The van der Waals surface area contributed by atoms with Crippen LogP contribution in [0.3, 0.4) is 0 Å². The third-order valence-corrected chi connectivity index (χ3v) is 6.15. The number of aromatic nitrogens is 2. The molecule has 0 spiro atoms. The van der Waals surface area contributed by atoms with Crippen LogP contribution >= 0.6 is 23.1 Å². The molecule has 0 aliphatic carbocycles. The van der Waals surface area contributed by atoms with Crippen molar-refractivity contribution < 1.29 is 8.42 Å². The number of benzene rings is 1. The van der Waals surface area contributed by atoms with Crippen molar-refractivity contribution in [2.75, 3.05) is 17.8 Å². The van der Waals surface area contributed by atoms with Crippen molar-refractivity contribution in [3.63, 3.8) is 0 Å². The maximum absolute atomic E-state index is 12.5. The zero-order valence-corrected chi connectivity index (χ0v) is 15.6. The summed E-state index contributed by atoms with van der Waals surface area (Å²) in [5.74, 6) is 0.610. The summed E-state index contributed by atoms with van der Waals surface area (Å²) in [5, 5.41) is 0.666. The first-order valence-corrected chi connectivity index (χ1v) is 9.83. The van der Waals surface area contributed by atoms with Crippen LogP contribution in [0.2, 0.25) is 5.02 Å². The molecule has 0 unspecified atom stereocenters. The highest BCUT2D eigenvalue weighted by atomic mass is 35.5. The normalized spacial score (nSPS) is 11.9. The molecule has 0 fully saturated rings. The van der Waals surface area contributed by atoms with Gasteiger partial charge in [-0.05, 0) is 37.7 Å². The SMILES string of the molecule is CCN(CC)Cc1nsc(NS(=O)(=O)c2cccc(Cl)c2C)n1. The van der Waals surface area contributed by atoms with E-state index in [9.17, 15) is 8.42 Å². The maximum Gasteiger partial charge on any atom is 0.264 e. The Morgan fingerprint density at radius 3 is 2.65 bits per heavy atom. The second-order valence-corrected chi connectivity index (χ2v) is 7.76. The van der Waals surface area contributed by atoms with Gasteiger partial charge >= 0.3 is 0 Å². The van der Waals surface area contributed by atoms with Gasteiger partial charge in [0, 0.05) is 16.6 Å². The van der Waals surface area contributed by atoms with Crippen molar-refractivity contribution in [1.82, 2.24) is 14.3 Å². The maximum atomic E-state index is 12.5. The van der Waals surface area contributed by atoms with E-state index in [1.807, 2.05) is 0 Å².